The molecule has 0 aliphatic heterocycles. The maximum atomic E-state index is 11.2. The van der Waals surface area contributed by atoms with E-state index in [0.717, 1.165) is 5.57 Å². The summed E-state index contributed by atoms with van der Waals surface area (Å²) < 4.78 is 0. The number of rotatable bonds is 2. The summed E-state index contributed by atoms with van der Waals surface area (Å²) in [5.74, 6) is 0.134. The minimum Gasteiger partial charge on any atom is -0.295 e. The zero-order valence-corrected chi connectivity index (χ0v) is 10.1. The minimum absolute atomic E-state index is 0.134. The molecule has 0 saturated carbocycles. The summed E-state index contributed by atoms with van der Waals surface area (Å²) in [6.45, 7) is 9.72. The highest BCUT2D eigenvalue weighted by Gasteiger charge is 2.03. The molecule has 0 bridgehead atoms. The average molecular weight is 202 g/mol. The Kier molecular flexibility index (Phi) is 3.46. The van der Waals surface area contributed by atoms with Crippen LogP contribution in [0.3, 0.4) is 0 Å². The summed E-state index contributed by atoms with van der Waals surface area (Å²) in [4.78, 5) is 11.2. The molecule has 0 amide bonds. The van der Waals surface area contributed by atoms with Gasteiger partial charge >= 0.3 is 0 Å². The van der Waals surface area contributed by atoms with Gasteiger partial charge in [-0.3, -0.25) is 4.79 Å². The van der Waals surface area contributed by atoms with Gasteiger partial charge in [0.1, 0.15) is 0 Å². The molecule has 0 aliphatic carbocycles. The van der Waals surface area contributed by atoms with Crippen LogP contribution in [0.1, 0.15) is 36.1 Å². The Morgan fingerprint density at radius 2 is 1.53 bits per heavy atom. The van der Waals surface area contributed by atoms with E-state index in [9.17, 15) is 4.79 Å². The van der Waals surface area contributed by atoms with Crippen molar-refractivity contribution < 1.29 is 4.79 Å². The van der Waals surface area contributed by atoms with Gasteiger partial charge in [-0.25, -0.2) is 0 Å². The molecule has 0 fully saturated rings. The van der Waals surface area contributed by atoms with Gasteiger partial charge in [0.25, 0.3) is 0 Å². The second kappa shape index (κ2) is 4.43. The van der Waals surface area contributed by atoms with Crippen LogP contribution in [0.2, 0.25) is 0 Å². The predicted octanol–water partition coefficient (Wildman–Crippen LogP) is 3.60. The van der Waals surface area contributed by atoms with Gasteiger partial charge in [0.15, 0.2) is 5.78 Å². The molecule has 0 heterocycles. The molecule has 1 aromatic rings. The molecule has 15 heavy (non-hydrogen) atoms. The Balaban J connectivity index is 3.27. The summed E-state index contributed by atoms with van der Waals surface area (Å²) in [5.41, 5.74) is 5.71. The molecule has 1 aromatic carbocycles. The van der Waals surface area contributed by atoms with Gasteiger partial charge in [-0.2, -0.15) is 0 Å². The van der Waals surface area contributed by atoms with E-state index in [1.807, 2.05) is 13.0 Å². The summed E-state index contributed by atoms with van der Waals surface area (Å²) in [6.07, 6.45) is 1.98. The van der Waals surface area contributed by atoms with Crippen LogP contribution in [-0.2, 0) is 4.79 Å². The summed E-state index contributed by atoms with van der Waals surface area (Å²) in [5, 5.41) is 0. The fraction of sp³-hybridized carbons (Fsp3) is 0.357. The van der Waals surface area contributed by atoms with Gasteiger partial charge in [-0.15, -0.1) is 0 Å². The van der Waals surface area contributed by atoms with Crippen molar-refractivity contribution in [1.82, 2.24) is 0 Å². The second-order valence-corrected chi connectivity index (χ2v) is 4.20. The quantitative estimate of drug-likeness (QED) is 0.670. The number of hydrogen-bond acceptors (Lipinski definition) is 1. The van der Waals surface area contributed by atoms with E-state index in [-0.39, 0.29) is 5.78 Å². The summed E-state index contributed by atoms with van der Waals surface area (Å²) in [7, 11) is 0. The van der Waals surface area contributed by atoms with Crippen molar-refractivity contribution >= 4 is 11.9 Å². The van der Waals surface area contributed by atoms with Crippen molar-refractivity contribution in [2.24, 2.45) is 0 Å². The highest BCUT2D eigenvalue weighted by atomic mass is 16.1. The average Bonchev–Trinajstić information content (AvgIpc) is 2.10. The number of carbonyl (C=O) groups excluding carboxylic acids is 1. The number of hydrogen-bond donors (Lipinski definition) is 0. The molecular weight excluding hydrogens is 184 g/mol. The number of allylic oxidation sites excluding steroid dienone is 1. The Hall–Kier alpha value is -1.37. The molecule has 1 nitrogen and oxygen atoms in total. The fourth-order valence-corrected chi connectivity index (χ4v) is 1.74. The van der Waals surface area contributed by atoms with Crippen LogP contribution in [0, 0.1) is 20.8 Å². The molecule has 80 valence electrons. The Labute approximate surface area is 91.8 Å². The molecule has 0 unspecified atom stereocenters. The zero-order valence-electron chi connectivity index (χ0n) is 10.1. The van der Waals surface area contributed by atoms with Gasteiger partial charge in [-0.1, -0.05) is 17.7 Å². The van der Waals surface area contributed by atoms with E-state index in [1.54, 1.807) is 6.92 Å². The lowest BCUT2D eigenvalue weighted by Gasteiger charge is -2.08. The SMILES string of the molecule is CC(=O)/C(C)=C/c1c(C)cc(C)cc1C. The van der Waals surface area contributed by atoms with E-state index < -0.39 is 0 Å². The molecular formula is C14H18O. The van der Waals surface area contributed by atoms with E-state index in [1.165, 1.54) is 22.3 Å². The van der Waals surface area contributed by atoms with Crippen LogP contribution in [0.4, 0.5) is 0 Å². The van der Waals surface area contributed by atoms with E-state index in [2.05, 4.69) is 32.9 Å². The first kappa shape index (κ1) is 11.7. The van der Waals surface area contributed by atoms with Crippen LogP contribution in [0.5, 0.6) is 0 Å². The van der Waals surface area contributed by atoms with Gasteiger partial charge in [-0.05, 0) is 63.0 Å². The molecule has 0 saturated heterocycles. The maximum Gasteiger partial charge on any atom is 0.155 e. The first-order chi connectivity index (χ1) is 6.91. The normalized spacial score (nSPS) is 11.7. The third-order valence-electron chi connectivity index (χ3n) is 2.65. The minimum atomic E-state index is 0.134. The van der Waals surface area contributed by atoms with Crippen LogP contribution in [0.25, 0.3) is 6.08 Å². The molecule has 0 radical (unpaired) electrons. The third-order valence-corrected chi connectivity index (χ3v) is 2.65. The lowest BCUT2D eigenvalue weighted by atomic mass is 9.97. The van der Waals surface area contributed by atoms with Crippen molar-refractivity contribution in [3.05, 3.63) is 40.0 Å². The Morgan fingerprint density at radius 3 is 1.93 bits per heavy atom. The van der Waals surface area contributed by atoms with E-state index in [0.29, 0.717) is 0 Å². The van der Waals surface area contributed by atoms with Crippen LogP contribution < -0.4 is 0 Å². The number of aryl methyl sites for hydroxylation is 3. The van der Waals surface area contributed by atoms with Crippen LogP contribution >= 0.6 is 0 Å². The van der Waals surface area contributed by atoms with E-state index in [4.69, 9.17) is 0 Å². The first-order valence-corrected chi connectivity index (χ1v) is 5.19. The largest absolute Gasteiger partial charge is 0.295 e. The number of Topliss-reactive ketones (excluding diaryl/α,β-unsaturated/α-hetero) is 1. The van der Waals surface area contributed by atoms with Gasteiger partial charge in [0, 0.05) is 0 Å². The van der Waals surface area contributed by atoms with Crippen molar-refractivity contribution in [2.45, 2.75) is 34.6 Å². The zero-order chi connectivity index (χ0) is 11.6. The Morgan fingerprint density at radius 1 is 1.07 bits per heavy atom. The van der Waals surface area contributed by atoms with Gasteiger partial charge in [0.2, 0.25) is 0 Å². The van der Waals surface area contributed by atoms with Gasteiger partial charge in [0.05, 0.1) is 0 Å². The monoisotopic (exact) mass is 202 g/mol. The molecule has 1 rings (SSSR count). The Bertz CT molecular complexity index is 402. The summed E-state index contributed by atoms with van der Waals surface area (Å²) in [6, 6.07) is 4.29. The highest BCUT2D eigenvalue weighted by molar-refractivity contribution is 5.97. The predicted molar refractivity (Wildman–Crippen MR) is 65.0 cm³/mol. The third kappa shape index (κ3) is 2.79. The molecule has 0 aromatic heterocycles. The van der Waals surface area contributed by atoms with Crippen LogP contribution in [-0.4, -0.2) is 5.78 Å². The lowest BCUT2D eigenvalue weighted by molar-refractivity contribution is -0.113. The van der Waals surface area contributed by atoms with Crippen molar-refractivity contribution in [3.63, 3.8) is 0 Å². The molecule has 0 spiro atoms. The summed E-state index contributed by atoms with van der Waals surface area (Å²) >= 11 is 0. The van der Waals surface area contributed by atoms with Crippen molar-refractivity contribution in [3.8, 4) is 0 Å². The topological polar surface area (TPSA) is 17.1 Å². The molecule has 0 N–H and O–H groups in total. The molecule has 1 heteroatoms. The fourth-order valence-electron chi connectivity index (χ4n) is 1.74. The van der Waals surface area contributed by atoms with Crippen LogP contribution in [0.15, 0.2) is 17.7 Å². The number of carbonyl (C=O) groups is 1. The lowest BCUT2D eigenvalue weighted by Crippen LogP contribution is -1.94. The number of ketones is 1. The molecule has 0 atom stereocenters. The van der Waals surface area contributed by atoms with Gasteiger partial charge < -0.3 is 0 Å². The first-order valence-electron chi connectivity index (χ1n) is 5.19. The second-order valence-electron chi connectivity index (χ2n) is 4.20. The van der Waals surface area contributed by atoms with Crippen molar-refractivity contribution in [1.29, 1.82) is 0 Å². The van der Waals surface area contributed by atoms with Crippen molar-refractivity contribution in [2.75, 3.05) is 0 Å². The maximum absolute atomic E-state index is 11.2. The molecule has 0 aliphatic rings. The highest BCUT2D eigenvalue weighted by Crippen LogP contribution is 2.19. The van der Waals surface area contributed by atoms with E-state index >= 15 is 0 Å². The standard InChI is InChI=1S/C14H18O/c1-9-6-11(3)14(12(4)7-9)8-10(2)13(5)15/h6-8H,1-5H3/b10-8+. The number of benzene rings is 1. The smallest absolute Gasteiger partial charge is 0.155 e.